The number of rotatable bonds is 7. The van der Waals surface area contributed by atoms with Gasteiger partial charge in [-0.3, -0.25) is 4.79 Å². The summed E-state index contributed by atoms with van der Waals surface area (Å²) >= 11 is 3.35. The fourth-order valence-corrected chi connectivity index (χ4v) is 1.74. The van der Waals surface area contributed by atoms with Crippen LogP contribution in [0.3, 0.4) is 0 Å². The molecule has 0 saturated heterocycles. The number of H-pyrrole nitrogens is 1. The lowest BCUT2D eigenvalue weighted by Gasteiger charge is -2.06. The van der Waals surface area contributed by atoms with E-state index in [1.807, 2.05) is 24.3 Å². The predicted molar refractivity (Wildman–Crippen MR) is 74.9 cm³/mol. The summed E-state index contributed by atoms with van der Waals surface area (Å²) in [5.41, 5.74) is 0. The molecule has 0 aliphatic carbocycles. The van der Waals surface area contributed by atoms with E-state index in [0.717, 1.165) is 10.2 Å². The fourth-order valence-electron chi connectivity index (χ4n) is 1.48. The van der Waals surface area contributed by atoms with Crippen molar-refractivity contribution in [1.82, 2.24) is 25.9 Å². The van der Waals surface area contributed by atoms with Gasteiger partial charge in [-0.25, -0.2) is 0 Å². The molecular weight excluding hydrogens is 326 g/mol. The molecule has 7 nitrogen and oxygen atoms in total. The Hall–Kier alpha value is -1.96. The molecule has 0 radical (unpaired) electrons. The van der Waals surface area contributed by atoms with Crippen LogP contribution in [-0.4, -0.2) is 33.1 Å². The maximum absolute atomic E-state index is 11.5. The Morgan fingerprint density at radius 1 is 1.35 bits per heavy atom. The second-order valence-corrected chi connectivity index (χ2v) is 4.93. The molecule has 2 N–H and O–H groups in total. The van der Waals surface area contributed by atoms with Crippen molar-refractivity contribution in [2.75, 3.05) is 6.61 Å². The number of nitrogens with zero attached hydrogens (tertiary/aromatic N) is 3. The summed E-state index contributed by atoms with van der Waals surface area (Å²) in [6.07, 6.45) is 1.04. The minimum absolute atomic E-state index is 0.0609. The Balaban J connectivity index is 1.58. The summed E-state index contributed by atoms with van der Waals surface area (Å²) in [7, 11) is 0. The van der Waals surface area contributed by atoms with Gasteiger partial charge in [-0.2, -0.15) is 5.21 Å². The number of tetrazole rings is 1. The van der Waals surface area contributed by atoms with Gasteiger partial charge in [-0.05, 0) is 30.7 Å². The van der Waals surface area contributed by atoms with Gasteiger partial charge in [0.15, 0.2) is 5.82 Å². The van der Waals surface area contributed by atoms with E-state index in [9.17, 15) is 4.79 Å². The van der Waals surface area contributed by atoms with E-state index in [1.54, 1.807) is 0 Å². The molecule has 1 amide bonds. The minimum Gasteiger partial charge on any atom is -0.494 e. The standard InChI is InChI=1S/C12H14BrN5O2/c13-9-3-5-10(6-4-9)20-7-1-2-12(19)14-8-11-15-17-18-16-11/h3-6H,1-2,7-8H2,(H,14,19)(H,15,16,17,18). The Morgan fingerprint density at radius 2 is 2.15 bits per heavy atom. The molecule has 1 aromatic carbocycles. The van der Waals surface area contributed by atoms with Crippen LogP contribution in [0.1, 0.15) is 18.7 Å². The SMILES string of the molecule is O=C(CCCOc1ccc(Br)cc1)NCc1nn[nH]n1. The van der Waals surface area contributed by atoms with E-state index in [0.29, 0.717) is 25.3 Å². The van der Waals surface area contributed by atoms with Gasteiger partial charge in [0.25, 0.3) is 0 Å². The third-order valence-electron chi connectivity index (χ3n) is 2.46. The van der Waals surface area contributed by atoms with Gasteiger partial charge in [-0.15, -0.1) is 10.2 Å². The second kappa shape index (κ2) is 7.59. The molecule has 0 unspecified atom stereocenters. The maximum atomic E-state index is 11.5. The Kier molecular flexibility index (Phi) is 5.48. The van der Waals surface area contributed by atoms with Crippen LogP contribution in [-0.2, 0) is 11.3 Å². The zero-order valence-corrected chi connectivity index (χ0v) is 12.3. The number of halogens is 1. The van der Waals surface area contributed by atoms with E-state index in [1.165, 1.54) is 0 Å². The lowest BCUT2D eigenvalue weighted by atomic mass is 10.3. The van der Waals surface area contributed by atoms with E-state index >= 15 is 0 Å². The highest BCUT2D eigenvalue weighted by atomic mass is 79.9. The van der Waals surface area contributed by atoms with Gasteiger partial charge >= 0.3 is 0 Å². The largest absolute Gasteiger partial charge is 0.494 e. The number of hydrogen-bond acceptors (Lipinski definition) is 5. The quantitative estimate of drug-likeness (QED) is 0.744. The Morgan fingerprint density at radius 3 is 2.85 bits per heavy atom. The van der Waals surface area contributed by atoms with Crippen LogP contribution in [0.2, 0.25) is 0 Å². The van der Waals surface area contributed by atoms with Crippen LogP contribution in [0.4, 0.5) is 0 Å². The van der Waals surface area contributed by atoms with Crippen molar-refractivity contribution in [2.24, 2.45) is 0 Å². The smallest absolute Gasteiger partial charge is 0.220 e. The summed E-state index contributed by atoms with van der Waals surface area (Å²) in [6, 6.07) is 7.57. The van der Waals surface area contributed by atoms with Crippen molar-refractivity contribution >= 4 is 21.8 Å². The van der Waals surface area contributed by atoms with Gasteiger partial charge in [-0.1, -0.05) is 21.1 Å². The highest BCUT2D eigenvalue weighted by molar-refractivity contribution is 9.10. The number of carbonyl (C=O) groups excluding carboxylic acids is 1. The molecule has 0 aliphatic heterocycles. The van der Waals surface area contributed by atoms with Crippen molar-refractivity contribution in [1.29, 1.82) is 0 Å². The molecule has 0 aliphatic rings. The van der Waals surface area contributed by atoms with Crippen LogP contribution >= 0.6 is 15.9 Å². The number of aromatic nitrogens is 4. The molecule has 0 spiro atoms. The van der Waals surface area contributed by atoms with E-state index in [4.69, 9.17) is 4.74 Å². The first-order valence-corrected chi connectivity index (χ1v) is 6.91. The van der Waals surface area contributed by atoms with Gasteiger partial charge in [0, 0.05) is 10.9 Å². The normalized spacial score (nSPS) is 10.2. The van der Waals surface area contributed by atoms with Crippen molar-refractivity contribution in [3.05, 3.63) is 34.6 Å². The monoisotopic (exact) mass is 339 g/mol. The average molecular weight is 340 g/mol. The highest BCUT2D eigenvalue weighted by Gasteiger charge is 2.04. The molecule has 0 fully saturated rings. The minimum atomic E-state index is -0.0609. The van der Waals surface area contributed by atoms with Gasteiger partial charge in [0.1, 0.15) is 5.75 Å². The molecule has 106 valence electrons. The predicted octanol–water partition coefficient (Wildman–Crippen LogP) is 1.44. The number of benzene rings is 1. The van der Waals surface area contributed by atoms with Crippen LogP contribution in [0.15, 0.2) is 28.7 Å². The average Bonchev–Trinajstić information content (AvgIpc) is 2.96. The summed E-state index contributed by atoms with van der Waals surface area (Å²) in [6.45, 7) is 0.778. The number of amides is 1. The first kappa shape index (κ1) is 14.4. The summed E-state index contributed by atoms with van der Waals surface area (Å²) < 4.78 is 6.53. The Bertz CT molecular complexity index is 529. The molecule has 1 aromatic heterocycles. The van der Waals surface area contributed by atoms with Crippen LogP contribution in [0.5, 0.6) is 5.75 Å². The maximum Gasteiger partial charge on any atom is 0.220 e. The topological polar surface area (TPSA) is 92.8 Å². The van der Waals surface area contributed by atoms with Gasteiger partial charge in [0.2, 0.25) is 5.91 Å². The third kappa shape index (κ3) is 4.96. The number of hydrogen-bond donors (Lipinski definition) is 2. The fraction of sp³-hybridized carbons (Fsp3) is 0.333. The molecule has 0 bridgehead atoms. The third-order valence-corrected chi connectivity index (χ3v) is 2.99. The summed E-state index contributed by atoms with van der Waals surface area (Å²) in [5.74, 6) is 1.19. The lowest BCUT2D eigenvalue weighted by molar-refractivity contribution is -0.121. The molecule has 2 aromatic rings. The number of aromatic amines is 1. The molecule has 1 heterocycles. The zero-order valence-electron chi connectivity index (χ0n) is 10.7. The van der Waals surface area contributed by atoms with Crippen LogP contribution in [0, 0.1) is 0 Å². The van der Waals surface area contributed by atoms with Crippen LogP contribution < -0.4 is 10.1 Å². The van der Waals surface area contributed by atoms with Gasteiger partial charge < -0.3 is 10.1 Å². The first-order chi connectivity index (χ1) is 9.74. The van der Waals surface area contributed by atoms with E-state index in [-0.39, 0.29) is 12.5 Å². The molecular formula is C12H14BrN5O2. The van der Waals surface area contributed by atoms with Crippen molar-refractivity contribution in [3.8, 4) is 5.75 Å². The second-order valence-electron chi connectivity index (χ2n) is 4.01. The summed E-state index contributed by atoms with van der Waals surface area (Å²) in [4.78, 5) is 11.5. The highest BCUT2D eigenvalue weighted by Crippen LogP contribution is 2.16. The molecule has 20 heavy (non-hydrogen) atoms. The van der Waals surface area contributed by atoms with Crippen molar-refractivity contribution in [2.45, 2.75) is 19.4 Å². The number of nitrogens with one attached hydrogen (secondary N) is 2. The first-order valence-electron chi connectivity index (χ1n) is 6.11. The molecule has 0 saturated carbocycles. The van der Waals surface area contributed by atoms with Crippen molar-refractivity contribution < 1.29 is 9.53 Å². The van der Waals surface area contributed by atoms with Crippen molar-refractivity contribution in [3.63, 3.8) is 0 Å². The number of carbonyl (C=O) groups is 1. The van der Waals surface area contributed by atoms with E-state index in [2.05, 4.69) is 41.9 Å². The number of ether oxygens (including phenoxy) is 1. The molecule has 0 atom stereocenters. The van der Waals surface area contributed by atoms with E-state index < -0.39 is 0 Å². The molecule has 8 heteroatoms. The Labute approximate surface area is 124 Å². The molecule has 2 rings (SSSR count). The zero-order chi connectivity index (χ0) is 14.2. The summed E-state index contributed by atoms with van der Waals surface area (Å²) in [5, 5.41) is 15.9. The lowest BCUT2D eigenvalue weighted by Crippen LogP contribution is -2.23. The van der Waals surface area contributed by atoms with Crippen LogP contribution in [0.25, 0.3) is 0 Å². The van der Waals surface area contributed by atoms with Gasteiger partial charge in [0.05, 0.1) is 13.2 Å².